The highest BCUT2D eigenvalue weighted by molar-refractivity contribution is 5.85. The van der Waals surface area contributed by atoms with Gasteiger partial charge in [-0.15, -0.1) is 0 Å². The van der Waals surface area contributed by atoms with E-state index in [-0.39, 0.29) is 0 Å². The number of aliphatic imine (C=N–C) groups is 1. The van der Waals surface area contributed by atoms with Gasteiger partial charge in [-0.1, -0.05) is 26.7 Å². The van der Waals surface area contributed by atoms with E-state index in [0.29, 0.717) is 17.4 Å². The molecule has 4 aliphatic rings. The van der Waals surface area contributed by atoms with Crippen molar-refractivity contribution in [2.24, 2.45) is 51.1 Å². The topological polar surface area (TPSA) is 38.4 Å². The number of hydrogen-bond acceptors (Lipinski definition) is 2. The van der Waals surface area contributed by atoms with Gasteiger partial charge in [-0.3, -0.25) is 4.99 Å². The average molecular weight is 345 g/mol. The van der Waals surface area contributed by atoms with Crippen LogP contribution >= 0.6 is 0 Å². The molecule has 4 saturated carbocycles. The highest BCUT2D eigenvalue weighted by Gasteiger charge is 2.59. The van der Waals surface area contributed by atoms with Gasteiger partial charge in [0, 0.05) is 18.2 Å². The highest BCUT2D eigenvalue weighted by atomic mass is 14.8. The lowest BCUT2D eigenvalue weighted by atomic mass is 9.45. The van der Waals surface area contributed by atoms with Gasteiger partial charge in [0.1, 0.15) is 0 Å². The summed E-state index contributed by atoms with van der Waals surface area (Å²) in [6.07, 6.45) is 14.8. The van der Waals surface area contributed by atoms with Gasteiger partial charge in [0.05, 0.1) is 6.54 Å². The minimum Gasteiger partial charge on any atom is -0.329 e. The molecule has 2 heteroatoms. The van der Waals surface area contributed by atoms with Crippen LogP contribution in [0.2, 0.25) is 0 Å². The fraction of sp³-hybridized carbons (Fsp3) is 0.957. The second-order valence-electron chi connectivity index (χ2n) is 10.4. The lowest BCUT2D eigenvalue weighted by Gasteiger charge is -2.60. The van der Waals surface area contributed by atoms with Gasteiger partial charge in [0.15, 0.2) is 0 Å². The predicted octanol–water partition coefficient (Wildman–Crippen LogP) is 5.46. The van der Waals surface area contributed by atoms with Crippen LogP contribution in [-0.2, 0) is 0 Å². The minimum absolute atomic E-state index is 0.515. The quantitative estimate of drug-likeness (QED) is 0.679. The van der Waals surface area contributed by atoms with Crippen molar-refractivity contribution in [2.75, 3.05) is 13.1 Å². The zero-order valence-corrected chi connectivity index (χ0v) is 16.9. The Kier molecular flexibility index (Phi) is 4.80. The van der Waals surface area contributed by atoms with Crippen LogP contribution in [0, 0.1) is 40.4 Å². The van der Waals surface area contributed by atoms with E-state index < -0.39 is 0 Å². The van der Waals surface area contributed by atoms with Crippen LogP contribution in [0.15, 0.2) is 4.99 Å². The van der Waals surface area contributed by atoms with Crippen LogP contribution in [-0.4, -0.2) is 18.8 Å². The molecular formula is C23H40N2. The van der Waals surface area contributed by atoms with Crippen molar-refractivity contribution >= 4 is 5.71 Å². The Morgan fingerprint density at radius 3 is 2.52 bits per heavy atom. The Morgan fingerprint density at radius 1 is 0.920 bits per heavy atom. The molecule has 25 heavy (non-hydrogen) atoms. The van der Waals surface area contributed by atoms with Crippen LogP contribution in [0.4, 0.5) is 0 Å². The molecule has 0 aliphatic heterocycles. The summed E-state index contributed by atoms with van der Waals surface area (Å²) in [5.74, 6) is 4.74. The average Bonchev–Trinajstić information content (AvgIpc) is 2.96. The van der Waals surface area contributed by atoms with Crippen LogP contribution in [0.3, 0.4) is 0 Å². The SMILES string of the molecule is CC(=NCCN)C1CCC2C3CCC4CCCCC4(C)C3CCC12C. The third kappa shape index (κ3) is 2.73. The molecule has 0 radical (unpaired) electrons. The summed E-state index contributed by atoms with van der Waals surface area (Å²) in [6.45, 7) is 9.11. The molecule has 0 spiro atoms. The molecule has 4 fully saturated rings. The summed E-state index contributed by atoms with van der Waals surface area (Å²) in [5.41, 5.74) is 8.29. The molecule has 142 valence electrons. The Labute approximate surface area is 155 Å². The summed E-state index contributed by atoms with van der Waals surface area (Å²) in [7, 11) is 0. The second-order valence-corrected chi connectivity index (χ2v) is 10.4. The molecule has 0 amide bonds. The highest BCUT2D eigenvalue weighted by Crippen LogP contribution is 2.67. The van der Waals surface area contributed by atoms with Crippen molar-refractivity contribution in [3.63, 3.8) is 0 Å². The first-order chi connectivity index (χ1) is 12.0. The largest absolute Gasteiger partial charge is 0.329 e. The molecular weight excluding hydrogens is 304 g/mol. The molecule has 0 saturated heterocycles. The maximum atomic E-state index is 5.70. The van der Waals surface area contributed by atoms with Gasteiger partial charge in [0.25, 0.3) is 0 Å². The molecule has 0 heterocycles. The zero-order valence-electron chi connectivity index (χ0n) is 16.9. The van der Waals surface area contributed by atoms with E-state index in [1.165, 1.54) is 69.9 Å². The first-order valence-corrected chi connectivity index (χ1v) is 11.2. The fourth-order valence-electron chi connectivity index (χ4n) is 8.33. The molecule has 7 unspecified atom stereocenters. The Balaban J connectivity index is 1.57. The summed E-state index contributed by atoms with van der Waals surface area (Å²) in [4.78, 5) is 4.84. The molecule has 0 bridgehead atoms. The molecule has 4 rings (SSSR count). The molecule has 4 aliphatic carbocycles. The van der Waals surface area contributed by atoms with E-state index in [1.54, 1.807) is 0 Å². The summed E-state index contributed by atoms with van der Waals surface area (Å²) >= 11 is 0. The number of hydrogen-bond donors (Lipinski definition) is 1. The monoisotopic (exact) mass is 344 g/mol. The van der Waals surface area contributed by atoms with Crippen LogP contribution < -0.4 is 5.73 Å². The Morgan fingerprint density at radius 2 is 1.72 bits per heavy atom. The predicted molar refractivity (Wildman–Crippen MR) is 107 cm³/mol. The Bertz CT molecular complexity index is 526. The van der Waals surface area contributed by atoms with Gasteiger partial charge in [-0.05, 0) is 92.8 Å². The maximum Gasteiger partial charge on any atom is 0.0511 e. The van der Waals surface area contributed by atoms with Crippen LogP contribution in [0.1, 0.15) is 85.0 Å². The zero-order chi connectivity index (χ0) is 17.7. The van der Waals surface area contributed by atoms with Crippen molar-refractivity contribution in [3.05, 3.63) is 0 Å². The van der Waals surface area contributed by atoms with E-state index in [0.717, 1.165) is 36.1 Å². The van der Waals surface area contributed by atoms with E-state index in [2.05, 4.69) is 20.8 Å². The molecule has 7 atom stereocenters. The number of rotatable bonds is 3. The molecule has 0 aromatic carbocycles. The first kappa shape index (κ1) is 18.0. The third-order valence-electron chi connectivity index (χ3n) is 9.58. The number of nitrogens with zero attached hydrogens (tertiary/aromatic N) is 1. The van der Waals surface area contributed by atoms with E-state index in [4.69, 9.17) is 10.7 Å². The van der Waals surface area contributed by atoms with Crippen molar-refractivity contribution in [2.45, 2.75) is 85.0 Å². The normalized spacial score (nSPS) is 50.1. The van der Waals surface area contributed by atoms with E-state index in [1.807, 2.05) is 0 Å². The fourth-order valence-corrected chi connectivity index (χ4v) is 8.33. The molecule has 2 N–H and O–H groups in total. The minimum atomic E-state index is 0.515. The van der Waals surface area contributed by atoms with Gasteiger partial charge in [-0.25, -0.2) is 0 Å². The summed E-state index contributed by atoms with van der Waals surface area (Å²) in [6, 6.07) is 0. The lowest BCUT2D eigenvalue weighted by molar-refractivity contribution is -0.106. The third-order valence-corrected chi connectivity index (χ3v) is 9.58. The maximum absolute atomic E-state index is 5.70. The van der Waals surface area contributed by atoms with Crippen molar-refractivity contribution < 1.29 is 0 Å². The lowest BCUT2D eigenvalue weighted by Crippen LogP contribution is -2.53. The molecule has 0 aromatic heterocycles. The molecule has 0 aromatic rings. The van der Waals surface area contributed by atoms with Gasteiger partial charge in [0.2, 0.25) is 0 Å². The van der Waals surface area contributed by atoms with E-state index in [9.17, 15) is 0 Å². The number of nitrogens with two attached hydrogens (primary N) is 1. The number of fused-ring (bicyclic) bond motifs is 5. The van der Waals surface area contributed by atoms with Gasteiger partial charge < -0.3 is 5.73 Å². The van der Waals surface area contributed by atoms with Crippen LogP contribution in [0.5, 0.6) is 0 Å². The van der Waals surface area contributed by atoms with Crippen molar-refractivity contribution in [1.82, 2.24) is 0 Å². The summed E-state index contributed by atoms with van der Waals surface area (Å²) < 4.78 is 0. The standard InChI is InChI=1S/C23H40N2/c1-16(25-15-14-24)19-9-10-20-18-8-7-17-6-4-5-12-22(17,2)21(18)11-13-23(19,20)3/h17-21H,4-15,24H2,1-3H3. The summed E-state index contributed by atoms with van der Waals surface area (Å²) in [5, 5.41) is 0. The van der Waals surface area contributed by atoms with E-state index >= 15 is 0 Å². The van der Waals surface area contributed by atoms with Crippen LogP contribution in [0.25, 0.3) is 0 Å². The van der Waals surface area contributed by atoms with Crippen molar-refractivity contribution in [1.29, 1.82) is 0 Å². The second kappa shape index (κ2) is 6.66. The van der Waals surface area contributed by atoms with Crippen molar-refractivity contribution in [3.8, 4) is 0 Å². The smallest absolute Gasteiger partial charge is 0.0511 e. The van der Waals surface area contributed by atoms with Gasteiger partial charge >= 0.3 is 0 Å². The Hall–Kier alpha value is -0.370. The first-order valence-electron chi connectivity index (χ1n) is 11.2. The van der Waals surface area contributed by atoms with Gasteiger partial charge in [-0.2, -0.15) is 0 Å². The molecule has 2 nitrogen and oxygen atoms in total.